The van der Waals surface area contributed by atoms with Crippen LogP contribution in [0.1, 0.15) is 42.5 Å². The maximum atomic E-state index is 12.2. The zero-order valence-electron chi connectivity index (χ0n) is 10.6. The molecule has 1 aromatic carbocycles. The first kappa shape index (κ1) is 14.1. The number of rotatable bonds is 4. The average molecular weight is 281 g/mol. The van der Waals surface area contributed by atoms with E-state index < -0.39 is 5.97 Å². The van der Waals surface area contributed by atoms with Crippen LogP contribution in [0, 0.1) is 11.8 Å². The van der Waals surface area contributed by atoms with Crippen LogP contribution >= 0.6 is 11.6 Å². The van der Waals surface area contributed by atoms with Gasteiger partial charge in [0.1, 0.15) is 0 Å². The molecular formula is C15H17ClO3. The molecule has 3 nitrogen and oxygen atoms in total. The van der Waals surface area contributed by atoms with Crippen LogP contribution in [-0.4, -0.2) is 16.9 Å². The second-order valence-corrected chi connectivity index (χ2v) is 5.56. The molecule has 0 aromatic heterocycles. The van der Waals surface area contributed by atoms with Crippen molar-refractivity contribution in [2.75, 3.05) is 0 Å². The Kier molecular flexibility index (Phi) is 4.59. The number of hydrogen-bond acceptors (Lipinski definition) is 2. The smallest absolute Gasteiger partial charge is 0.306 e. The predicted octanol–water partition coefficient (Wildman–Crippen LogP) is 3.80. The summed E-state index contributed by atoms with van der Waals surface area (Å²) in [6.45, 7) is 0. The quantitative estimate of drug-likeness (QED) is 0.854. The fraction of sp³-hybridized carbons (Fsp3) is 0.467. The van der Waals surface area contributed by atoms with Crippen molar-refractivity contribution in [1.82, 2.24) is 0 Å². The van der Waals surface area contributed by atoms with E-state index in [0.717, 1.165) is 19.3 Å². The standard InChI is InChI=1S/C15H17ClO3/c16-12-6-3-5-11(8-12)14(17)9-10-4-1-2-7-13(10)15(18)19/h3,5-6,8,10,13H,1-2,4,7,9H2,(H,18,19)/t10-,13+/m0/s1. The third kappa shape index (κ3) is 3.57. The van der Waals surface area contributed by atoms with Gasteiger partial charge in [-0.15, -0.1) is 0 Å². The largest absolute Gasteiger partial charge is 0.481 e. The van der Waals surface area contributed by atoms with E-state index in [0.29, 0.717) is 23.4 Å². The van der Waals surface area contributed by atoms with Gasteiger partial charge in [0.25, 0.3) is 0 Å². The number of aliphatic carboxylic acids is 1. The fourth-order valence-corrected chi connectivity index (χ4v) is 2.99. The molecule has 2 rings (SSSR count). The maximum absolute atomic E-state index is 12.2. The Bertz CT molecular complexity index is 484. The number of halogens is 1. The summed E-state index contributed by atoms with van der Waals surface area (Å²) in [6, 6.07) is 6.83. The first-order valence-corrected chi connectivity index (χ1v) is 6.97. The summed E-state index contributed by atoms with van der Waals surface area (Å²) in [6.07, 6.45) is 3.76. The minimum atomic E-state index is -0.774. The number of ketones is 1. The van der Waals surface area contributed by atoms with E-state index in [9.17, 15) is 14.7 Å². The van der Waals surface area contributed by atoms with Gasteiger partial charge in [-0.1, -0.05) is 36.6 Å². The van der Waals surface area contributed by atoms with E-state index in [1.54, 1.807) is 24.3 Å². The highest BCUT2D eigenvalue weighted by Crippen LogP contribution is 2.33. The number of carboxylic acids is 1. The Morgan fingerprint density at radius 1 is 1.26 bits per heavy atom. The summed E-state index contributed by atoms with van der Waals surface area (Å²) in [5.41, 5.74) is 0.571. The van der Waals surface area contributed by atoms with E-state index in [1.807, 2.05) is 0 Å². The van der Waals surface area contributed by atoms with Gasteiger partial charge in [-0.05, 0) is 30.9 Å². The minimum absolute atomic E-state index is 0.0133. The number of benzene rings is 1. The van der Waals surface area contributed by atoms with E-state index in [2.05, 4.69) is 0 Å². The Hall–Kier alpha value is -1.35. The average Bonchev–Trinajstić information content (AvgIpc) is 2.39. The van der Waals surface area contributed by atoms with Crippen LogP contribution in [0.25, 0.3) is 0 Å². The molecule has 0 aliphatic heterocycles. The minimum Gasteiger partial charge on any atom is -0.481 e. The Labute approximate surface area is 117 Å². The maximum Gasteiger partial charge on any atom is 0.306 e. The van der Waals surface area contributed by atoms with Crippen LogP contribution in [0.5, 0.6) is 0 Å². The third-order valence-corrected chi connectivity index (χ3v) is 4.06. The van der Waals surface area contributed by atoms with Crippen LogP contribution in [0.2, 0.25) is 5.02 Å². The lowest BCUT2D eigenvalue weighted by Crippen LogP contribution is -2.28. The number of carboxylic acid groups (broad SMARTS) is 1. The molecule has 0 bridgehead atoms. The molecule has 1 aromatic rings. The van der Waals surface area contributed by atoms with Crippen molar-refractivity contribution in [1.29, 1.82) is 0 Å². The molecule has 19 heavy (non-hydrogen) atoms. The van der Waals surface area contributed by atoms with Crippen LogP contribution < -0.4 is 0 Å². The third-order valence-electron chi connectivity index (χ3n) is 3.82. The number of hydrogen-bond donors (Lipinski definition) is 1. The van der Waals surface area contributed by atoms with Crippen molar-refractivity contribution >= 4 is 23.4 Å². The topological polar surface area (TPSA) is 54.4 Å². The molecule has 102 valence electrons. The zero-order chi connectivity index (χ0) is 13.8. The lowest BCUT2D eigenvalue weighted by molar-refractivity contribution is -0.144. The van der Waals surface area contributed by atoms with Crippen molar-refractivity contribution in [2.45, 2.75) is 32.1 Å². The summed E-state index contributed by atoms with van der Waals surface area (Å²) in [5, 5.41) is 9.74. The second kappa shape index (κ2) is 6.20. The van der Waals surface area contributed by atoms with Gasteiger partial charge >= 0.3 is 5.97 Å². The molecule has 1 fully saturated rings. The van der Waals surface area contributed by atoms with Gasteiger partial charge in [-0.25, -0.2) is 0 Å². The van der Waals surface area contributed by atoms with Crippen molar-refractivity contribution in [3.63, 3.8) is 0 Å². The molecule has 0 heterocycles. The monoisotopic (exact) mass is 280 g/mol. The summed E-state index contributed by atoms with van der Waals surface area (Å²) < 4.78 is 0. The lowest BCUT2D eigenvalue weighted by Gasteiger charge is -2.27. The van der Waals surface area contributed by atoms with Crippen molar-refractivity contribution in [3.05, 3.63) is 34.9 Å². The van der Waals surface area contributed by atoms with Crippen LogP contribution in [0.4, 0.5) is 0 Å². The molecule has 1 N–H and O–H groups in total. The SMILES string of the molecule is O=C(C[C@@H]1CCCC[C@H]1C(=O)O)c1cccc(Cl)c1. The molecule has 0 unspecified atom stereocenters. The van der Waals surface area contributed by atoms with Gasteiger partial charge in [-0.3, -0.25) is 9.59 Å². The first-order chi connectivity index (χ1) is 9.08. The van der Waals surface area contributed by atoms with E-state index >= 15 is 0 Å². The molecule has 1 saturated carbocycles. The molecule has 4 heteroatoms. The fourth-order valence-electron chi connectivity index (χ4n) is 2.80. The summed E-state index contributed by atoms with van der Waals surface area (Å²) in [4.78, 5) is 23.4. The predicted molar refractivity (Wildman–Crippen MR) is 73.5 cm³/mol. The summed E-state index contributed by atoms with van der Waals surface area (Å²) in [5.74, 6) is -1.21. The first-order valence-electron chi connectivity index (χ1n) is 6.59. The highest BCUT2D eigenvalue weighted by atomic mass is 35.5. The second-order valence-electron chi connectivity index (χ2n) is 5.13. The Morgan fingerprint density at radius 3 is 2.68 bits per heavy atom. The normalized spacial score (nSPS) is 23.0. The molecule has 0 radical (unpaired) electrons. The molecule has 2 atom stereocenters. The Morgan fingerprint density at radius 2 is 2.00 bits per heavy atom. The molecule has 0 amide bonds. The van der Waals surface area contributed by atoms with Gasteiger partial charge < -0.3 is 5.11 Å². The van der Waals surface area contributed by atoms with Crippen molar-refractivity contribution < 1.29 is 14.7 Å². The number of carbonyl (C=O) groups is 2. The van der Waals surface area contributed by atoms with Crippen molar-refractivity contribution in [2.24, 2.45) is 11.8 Å². The van der Waals surface area contributed by atoms with Crippen LogP contribution in [-0.2, 0) is 4.79 Å². The number of carbonyl (C=O) groups excluding carboxylic acids is 1. The molecular weight excluding hydrogens is 264 g/mol. The van der Waals surface area contributed by atoms with Gasteiger partial charge in [0, 0.05) is 17.0 Å². The highest BCUT2D eigenvalue weighted by Gasteiger charge is 2.32. The number of Topliss-reactive ketones (excluding diaryl/α,β-unsaturated/α-hetero) is 1. The van der Waals surface area contributed by atoms with Crippen LogP contribution in [0.15, 0.2) is 24.3 Å². The van der Waals surface area contributed by atoms with Crippen LogP contribution in [0.3, 0.4) is 0 Å². The summed E-state index contributed by atoms with van der Waals surface area (Å²) in [7, 11) is 0. The van der Waals surface area contributed by atoms with E-state index in [1.165, 1.54) is 0 Å². The van der Waals surface area contributed by atoms with E-state index in [4.69, 9.17) is 11.6 Å². The van der Waals surface area contributed by atoms with Gasteiger partial charge in [0.05, 0.1) is 5.92 Å². The van der Waals surface area contributed by atoms with Crippen molar-refractivity contribution in [3.8, 4) is 0 Å². The van der Waals surface area contributed by atoms with Gasteiger partial charge in [0.15, 0.2) is 5.78 Å². The van der Waals surface area contributed by atoms with E-state index in [-0.39, 0.29) is 17.6 Å². The molecule has 1 aliphatic rings. The molecule has 0 saturated heterocycles. The van der Waals surface area contributed by atoms with Gasteiger partial charge in [0.2, 0.25) is 0 Å². The lowest BCUT2D eigenvalue weighted by atomic mass is 9.76. The summed E-state index contributed by atoms with van der Waals surface area (Å²) >= 11 is 5.86. The Balaban J connectivity index is 2.07. The van der Waals surface area contributed by atoms with Gasteiger partial charge in [-0.2, -0.15) is 0 Å². The molecule has 0 spiro atoms. The highest BCUT2D eigenvalue weighted by molar-refractivity contribution is 6.31. The zero-order valence-corrected chi connectivity index (χ0v) is 11.4. The molecule has 1 aliphatic carbocycles.